The van der Waals surface area contributed by atoms with Crippen molar-refractivity contribution in [2.24, 2.45) is 11.8 Å². The minimum atomic E-state index is -1.68. The molecular formula is C53H58N4O14S. The molecule has 1 saturated carbocycles. The number of methoxy groups -OCH3 is 2. The summed E-state index contributed by atoms with van der Waals surface area (Å²) in [6, 6.07) is 3.58. The van der Waals surface area contributed by atoms with Crippen LogP contribution in [0.1, 0.15) is 118 Å². The zero-order valence-electron chi connectivity index (χ0n) is 40.8. The molecule has 8 atom stereocenters. The van der Waals surface area contributed by atoms with E-state index in [1.54, 1.807) is 31.0 Å². The SMILES string of the molecule is COc1cc2c(cc1O)CCN(C(=O)OCOC(=O)C1CCC(CN3C(=O)C=CC3=O)CC1)[C@]21CC2S[C@@H]3c4c2c(C)c2c(c4[C@H](CCC1=O)N1[C@@H]3[C@H]3c4c(cc(C)c(OC)c4O)C[C@@H]([C@@H]1O)N3C)OCO2. The van der Waals surface area contributed by atoms with Crippen molar-refractivity contribution in [1.82, 2.24) is 19.6 Å². The monoisotopic (exact) mass is 1010 g/mol. The fourth-order valence-electron chi connectivity index (χ4n) is 14.3. The van der Waals surface area contributed by atoms with E-state index in [1.807, 2.05) is 20.9 Å². The van der Waals surface area contributed by atoms with Crippen LogP contribution >= 0.6 is 11.8 Å². The first-order chi connectivity index (χ1) is 34.7. The summed E-state index contributed by atoms with van der Waals surface area (Å²) in [4.78, 5) is 75.7. The van der Waals surface area contributed by atoms with Gasteiger partial charge in [-0.1, -0.05) is 6.07 Å². The highest BCUT2D eigenvalue weighted by Crippen LogP contribution is 2.70. The lowest BCUT2D eigenvalue weighted by Gasteiger charge is -2.61. The van der Waals surface area contributed by atoms with Gasteiger partial charge in [-0.05, 0) is 129 Å². The molecule has 3 aromatic rings. The van der Waals surface area contributed by atoms with Crippen molar-refractivity contribution in [2.75, 3.05) is 47.9 Å². The summed E-state index contributed by atoms with van der Waals surface area (Å²) < 4.78 is 35.6. The van der Waals surface area contributed by atoms with E-state index in [9.17, 15) is 34.5 Å². The van der Waals surface area contributed by atoms with Crippen molar-refractivity contribution in [3.63, 3.8) is 0 Å². The third-order valence-corrected chi connectivity index (χ3v) is 19.0. The number of amides is 3. The summed E-state index contributed by atoms with van der Waals surface area (Å²) >= 11 is 1.66. The Labute approximate surface area is 420 Å². The number of phenols is 2. The maximum absolute atomic E-state index is 16.0. The molecule has 2 aliphatic carbocycles. The molecule has 18 nitrogen and oxygen atoms in total. The first-order valence-corrected chi connectivity index (χ1v) is 25.9. The summed E-state index contributed by atoms with van der Waals surface area (Å²) in [6.45, 7) is 3.57. The fraction of sp³-hybridized carbons (Fsp3) is 0.528. The van der Waals surface area contributed by atoms with Crippen molar-refractivity contribution >= 4 is 41.4 Å². The average molecular weight is 1010 g/mol. The lowest BCUT2D eigenvalue weighted by molar-refractivity contribution is -0.174. The zero-order chi connectivity index (χ0) is 50.2. The predicted octanol–water partition coefficient (Wildman–Crippen LogP) is 5.82. The highest BCUT2D eigenvalue weighted by atomic mass is 32.2. The highest BCUT2D eigenvalue weighted by molar-refractivity contribution is 8.00. The molecule has 12 rings (SSSR count). The van der Waals surface area contributed by atoms with Crippen LogP contribution in [0.2, 0.25) is 0 Å². The van der Waals surface area contributed by atoms with Crippen molar-refractivity contribution in [1.29, 1.82) is 0 Å². The number of ether oxygens (including phenoxy) is 6. The third kappa shape index (κ3) is 6.74. The van der Waals surface area contributed by atoms with E-state index < -0.39 is 59.9 Å². The van der Waals surface area contributed by atoms with Gasteiger partial charge < -0.3 is 43.7 Å². The number of phenolic OH excluding ortho intramolecular Hbond substituents is 2. The number of Topliss-reactive ketones (excluding diaryl/α,β-unsaturated/α-hetero) is 1. The molecule has 7 bridgehead atoms. The van der Waals surface area contributed by atoms with Gasteiger partial charge in [-0.15, -0.1) is 11.8 Å². The molecule has 9 aliphatic rings. The Morgan fingerprint density at radius 2 is 1.62 bits per heavy atom. The van der Waals surface area contributed by atoms with Crippen molar-refractivity contribution < 1.29 is 67.7 Å². The van der Waals surface area contributed by atoms with E-state index in [2.05, 4.69) is 15.9 Å². The maximum atomic E-state index is 16.0. The predicted molar refractivity (Wildman–Crippen MR) is 256 cm³/mol. The molecule has 19 heteroatoms. The number of carbonyl (C=O) groups excluding carboxylic acids is 5. The van der Waals surface area contributed by atoms with Gasteiger partial charge in [0.25, 0.3) is 11.8 Å². The molecule has 1 saturated heterocycles. The summed E-state index contributed by atoms with van der Waals surface area (Å²) in [5.41, 5.74) is 5.77. The minimum absolute atomic E-state index is 0.00754. The first kappa shape index (κ1) is 47.0. The Hall–Kier alpha value is -6.02. The summed E-state index contributed by atoms with van der Waals surface area (Å²) in [5.74, 6) is -0.137. The number of carbonyl (C=O) groups is 5. The van der Waals surface area contributed by atoms with E-state index in [0.29, 0.717) is 67.0 Å². The second-order valence-corrected chi connectivity index (χ2v) is 22.2. The lowest BCUT2D eigenvalue weighted by atomic mass is 9.68. The Bertz CT molecular complexity index is 2880. The number of benzene rings is 3. The van der Waals surface area contributed by atoms with Gasteiger partial charge in [0.05, 0.1) is 32.2 Å². The number of rotatable bonds is 7. The van der Waals surface area contributed by atoms with Crippen LogP contribution in [-0.2, 0) is 47.0 Å². The van der Waals surface area contributed by atoms with E-state index >= 15 is 4.79 Å². The average Bonchev–Trinajstić information content (AvgIpc) is 4.08. The number of likely N-dealkylation sites (N-methyl/N-ethyl adjacent to an activating group) is 1. The number of aromatic hydroxyl groups is 2. The number of aliphatic hydroxyl groups excluding tert-OH is 1. The molecule has 1 spiro atoms. The number of nitrogens with zero attached hydrogens (tertiary/aromatic N) is 4. The molecule has 380 valence electrons. The Balaban J connectivity index is 0.910. The molecule has 3 amide bonds. The van der Waals surface area contributed by atoms with Crippen LogP contribution < -0.4 is 18.9 Å². The normalized spacial score (nSPS) is 30.9. The molecule has 3 N–H and O–H groups in total. The summed E-state index contributed by atoms with van der Waals surface area (Å²) in [7, 11) is 4.99. The summed E-state index contributed by atoms with van der Waals surface area (Å²) in [5, 5.41) is 35.3. The van der Waals surface area contributed by atoms with Gasteiger partial charge in [-0.2, -0.15) is 0 Å². The molecule has 3 aromatic carbocycles. The van der Waals surface area contributed by atoms with Gasteiger partial charge in [0.15, 0.2) is 40.3 Å². The number of hydrogen-bond acceptors (Lipinski definition) is 17. The van der Waals surface area contributed by atoms with Gasteiger partial charge in [-0.3, -0.25) is 38.8 Å². The van der Waals surface area contributed by atoms with Crippen molar-refractivity contribution in [3.05, 3.63) is 80.4 Å². The second-order valence-electron chi connectivity index (χ2n) is 20.8. The summed E-state index contributed by atoms with van der Waals surface area (Å²) in [6.07, 6.45) is 3.86. The first-order valence-electron chi connectivity index (χ1n) is 24.9. The van der Waals surface area contributed by atoms with Gasteiger partial charge >= 0.3 is 12.1 Å². The van der Waals surface area contributed by atoms with Gasteiger partial charge in [0.2, 0.25) is 13.6 Å². The lowest BCUT2D eigenvalue weighted by Crippen LogP contribution is -2.68. The van der Waals surface area contributed by atoms with Crippen LogP contribution in [0, 0.1) is 25.7 Å². The standard InChI is InChI=1S/C53H58N4O14S/c1-24-16-29-17-32-50(63)57-31-10-11-36(59)53(20-35-39-25(2)47-48(69-22-68-47)41(31)42(39)49(72-35)44(57)43(54(32)3)40(29)45(62)46(24)67-5)30-19-34(66-4)33(58)18-28(30)14-15-56(53)52(65)71-23-70-51(64)27-8-6-26(7-9-27)21-55-37(60)12-13-38(55)61/h12-13,16,18-19,26-27,31-32,35,43-44,49-50,58,62-63H,6-11,14-15,17,20-23H2,1-5H3/t26?,27?,31-,32-,35?,43+,44+,49+,50-,53+/m0/s1. The van der Waals surface area contributed by atoms with E-state index in [0.717, 1.165) is 38.9 Å². The molecule has 72 heavy (non-hydrogen) atoms. The number of piperazine rings is 1. The largest absolute Gasteiger partial charge is 0.504 e. The molecule has 7 aliphatic heterocycles. The number of esters is 1. The molecule has 2 fully saturated rings. The smallest absolute Gasteiger partial charge is 0.413 e. The van der Waals surface area contributed by atoms with Gasteiger partial charge in [-0.25, -0.2) is 4.79 Å². The number of ketones is 1. The van der Waals surface area contributed by atoms with Crippen molar-refractivity contribution in [3.8, 4) is 34.5 Å². The third-order valence-electron chi connectivity index (χ3n) is 17.5. The van der Waals surface area contributed by atoms with Crippen LogP contribution in [0.3, 0.4) is 0 Å². The van der Waals surface area contributed by atoms with Crippen LogP contribution in [0.15, 0.2) is 30.4 Å². The van der Waals surface area contributed by atoms with E-state index in [-0.39, 0.29) is 91.1 Å². The second kappa shape index (κ2) is 17.3. The Morgan fingerprint density at radius 1 is 0.875 bits per heavy atom. The Kier molecular flexibility index (Phi) is 11.3. The van der Waals surface area contributed by atoms with Gasteiger partial charge in [0.1, 0.15) is 11.8 Å². The number of aliphatic hydroxyl groups is 1. The number of hydrogen-bond donors (Lipinski definition) is 3. The molecule has 0 radical (unpaired) electrons. The number of imide groups is 1. The molecular weight excluding hydrogens is 949 g/mol. The van der Waals surface area contributed by atoms with Crippen LogP contribution in [0.4, 0.5) is 4.79 Å². The van der Waals surface area contributed by atoms with Crippen LogP contribution in [0.25, 0.3) is 0 Å². The van der Waals surface area contributed by atoms with Gasteiger partial charge in [0, 0.05) is 65.4 Å². The quantitative estimate of drug-likeness (QED) is 0.144. The number of fused-ring (bicyclic) bond motifs is 11. The number of aryl methyl sites for hydroxylation is 1. The fourth-order valence-corrected chi connectivity index (χ4v) is 16.3. The van der Waals surface area contributed by atoms with Crippen LogP contribution in [-0.4, -0.2) is 131 Å². The van der Waals surface area contributed by atoms with Crippen LogP contribution in [0.5, 0.6) is 34.5 Å². The van der Waals surface area contributed by atoms with E-state index in [4.69, 9.17) is 28.4 Å². The Morgan fingerprint density at radius 3 is 2.36 bits per heavy atom. The molecule has 0 aromatic heterocycles. The molecule has 1 unspecified atom stereocenters. The topological polar surface area (TPSA) is 214 Å². The van der Waals surface area contributed by atoms with E-state index in [1.165, 1.54) is 29.1 Å². The zero-order valence-corrected chi connectivity index (χ0v) is 41.6. The number of thioether (sulfide) groups is 1. The maximum Gasteiger partial charge on any atom is 0.413 e. The molecule has 7 heterocycles. The highest BCUT2D eigenvalue weighted by Gasteiger charge is 2.64. The minimum Gasteiger partial charge on any atom is -0.504 e. The van der Waals surface area contributed by atoms with Crippen molar-refractivity contribution in [2.45, 2.75) is 118 Å².